The van der Waals surface area contributed by atoms with E-state index in [-0.39, 0.29) is 11.8 Å². The number of oxime groups is 1. The maximum atomic E-state index is 12.7. The molecule has 2 aliphatic heterocycles. The van der Waals surface area contributed by atoms with Crippen molar-refractivity contribution in [2.75, 3.05) is 11.5 Å². The molecule has 2 aromatic rings. The predicted molar refractivity (Wildman–Crippen MR) is 93.3 cm³/mol. The maximum Gasteiger partial charge on any atom is 0.329 e. The third kappa shape index (κ3) is 2.87. The van der Waals surface area contributed by atoms with Crippen molar-refractivity contribution in [1.82, 2.24) is 5.32 Å². The third-order valence-corrected chi connectivity index (χ3v) is 4.45. The van der Waals surface area contributed by atoms with Crippen LogP contribution < -0.4 is 10.2 Å². The summed E-state index contributed by atoms with van der Waals surface area (Å²) in [6.07, 6.45) is 0.460. The molecule has 6 heteroatoms. The van der Waals surface area contributed by atoms with Crippen LogP contribution in [0.25, 0.3) is 0 Å². The zero-order chi connectivity index (χ0) is 17.2. The van der Waals surface area contributed by atoms with Gasteiger partial charge in [0.2, 0.25) is 0 Å². The van der Waals surface area contributed by atoms with Gasteiger partial charge in [0.05, 0.1) is 11.4 Å². The Morgan fingerprint density at radius 2 is 1.72 bits per heavy atom. The van der Waals surface area contributed by atoms with Crippen molar-refractivity contribution in [2.45, 2.75) is 12.5 Å². The zero-order valence-corrected chi connectivity index (χ0v) is 13.5. The lowest BCUT2D eigenvalue weighted by Crippen LogP contribution is -2.34. The van der Waals surface area contributed by atoms with Gasteiger partial charge in [-0.3, -0.25) is 4.79 Å². The Labute approximate surface area is 145 Å². The van der Waals surface area contributed by atoms with Crippen molar-refractivity contribution in [3.05, 3.63) is 66.2 Å². The average Bonchev–Trinajstić information content (AvgIpc) is 3.21. The molecule has 1 saturated heterocycles. The number of rotatable bonds is 4. The molecule has 0 bridgehead atoms. The van der Waals surface area contributed by atoms with Crippen LogP contribution in [0.15, 0.2) is 65.8 Å². The van der Waals surface area contributed by atoms with Gasteiger partial charge in [0.25, 0.3) is 5.91 Å². The van der Waals surface area contributed by atoms with E-state index in [0.717, 1.165) is 11.3 Å². The maximum absolute atomic E-state index is 12.7. The van der Waals surface area contributed by atoms with Crippen LogP contribution in [0.3, 0.4) is 0 Å². The molecule has 0 aromatic heterocycles. The van der Waals surface area contributed by atoms with E-state index in [0.29, 0.717) is 18.7 Å². The van der Waals surface area contributed by atoms with E-state index in [9.17, 15) is 9.59 Å². The minimum Gasteiger partial charge on any atom is -0.395 e. The van der Waals surface area contributed by atoms with Crippen LogP contribution in [0, 0.1) is 5.92 Å². The molecule has 2 aromatic carbocycles. The minimum absolute atomic E-state index is 0.0348. The van der Waals surface area contributed by atoms with E-state index in [4.69, 9.17) is 4.84 Å². The second kappa shape index (κ2) is 6.39. The van der Waals surface area contributed by atoms with Gasteiger partial charge < -0.3 is 10.2 Å². The quantitative estimate of drug-likeness (QED) is 0.873. The summed E-state index contributed by atoms with van der Waals surface area (Å²) in [6, 6.07) is 17.7. The first-order valence-electron chi connectivity index (χ1n) is 8.19. The fourth-order valence-electron chi connectivity index (χ4n) is 3.22. The highest BCUT2D eigenvalue weighted by molar-refractivity contribution is 6.21. The van der Waals surface area contributed by atoms with E-state index in [1.165, 1.54) is 4.90 Å². The number of nitrogens with one attached hydrogen (secondary N) is 1. The standard InChI is InChI=1S/C19H17N3O3/c23-18-16(20-19(24)22(18)15-9-5-2-6-10-15)11-14-12-25-21-17(14)13-7-3-1-4-8-13/h1-10,14,16H,11-12H2,(H,20,24)/t14?,16-/m0/s1. The number of para-hydroxylation sites is 1. The summed E-state index contributed by atoms with van der Waals surface area (Å²) in [7, 11) is 0. The molecule has 0 spiro atoms. The molecule has 1 unspecified atom stereocenters. The minimum atomic E-state index is -0.576. The normalized spacial score (nSPS) is 22.6. The van der Waals surface area contributed by atoms with Gasteiger partial charge in [-0.1, -0.05) is 53.7 Å². The van der Waals surface area contributed by atoms with Gasteiger partial charge in [0.1, 0.15) is 12.6 Å². The highest BCUT2D eigenvalue weighted by atomic mass is 16.6. The third-order valence-electron chi connectivity index (χ3n) is 4.45. The van der Waals surface area contributed by atoms with E-state index in [1.54, 1.807) is 24.3 Å². The second-order valence-corrected chi connectivity index (χ2v) is 6.08. The number of amides is 3. The van der Waals surface area contributed by atoms with Crippen LogP contribution in [0.5, 0.6) is 0 Å². The fourth-order valence-corrected chi connectivity index (χ4v) is 3.22. The lowest BCUT2D eigenvalue weighted by Gasteiger charge is -2.15. The Hall–Kier alpha value is -3.15. The predicted octanol–water partition coefficient (Wildman–Crippen LogP) is 2.55. The number of imide groups is 1. The summed E-state index contributed by atoms with van der Waals surface area (Å²) in [6.45, 7) is 0.412. The van der Waals surface area contributed by atoms with Crippen molar-refractivity contribution in [3.8, 4) is 0 Å². The van der Waals surface area contributed by atoms with Crippen molar-refractivity contribution >= 4 is 23.3 Å². The monoisotopic (exact) mass is 335 g/mol. The summed E-state index contributed by atoms with van der Waals surface area (Å²) in [5, 5.41) is 6.91. The molecule has 1 N–H and O–H groups in total. The highest BCUT2D eigenvalue weighted by Crippen LogP contribution is 2.26. The first kappa shape index (κ1) is 15.4. The molecule has 126 valence electrons. The van der Waals surface area contributed by atoms with E-state index in [1.807, 2.05) is 36.4 Å². The van der Waals surface area contributed by atoms with Crippen LogP contribution in [-0.4, -0.2) is 30.3 Å². The second-order valence-electron chi connectivity index (χ2n) is 6.08. The Morgan fingerprint density at radius 1 is 1.04 bits per heavy atom. The van der Waals surface area contributed by atoms with Gasteiger partial charge in [-0.15, -0.1) is 0 Å². The Kier molecular flexibility index (Phi) is 3.93. The molecule has 6 nitrogen and oxygen atoms in total. The number of benzene rings is 2. The number of urea groups is 1. The average molecular weight is 335 g/mol. The number of hydrogen-bond donors (Lipinski definition) is 1. The van der Waals surface area contributed by atoms with E-state index < -0.39 is 12.1 Å². The molecule has 3 amide bonds. The SMILES string of the molecule is O=C1N[C@@H](CC2CON=C2c2ccccc2)C(=O)N1c1ccccc1. The van der Waals surface area contributed by atoms with Gasteiger partial charge in [0.15, 0.2) is 0 Å². The van der Waals surface area contributed by atoms with Crippen molar-refractivity contribution < 1.29 is 14.4 Å². The smallest absolute Gasteiger partial charge is 0.329 e. The summed E-state index contributed by atoms with van der Waals surface area (Å²) in [5.74, 6) is -0.275. The molecule has 0 radical (unpaired) electrons. The molecule has 2 aliphatic rings. The van der Waals surface area contributed by atoms with Crippen LogP contribution in [0.2, 0.25) is 0 Å². The Balaban J connectivity index is 1.51. The van der Waals surface area contributed by atoms with Crippen LogP contribution >= 0.6 is 0 Å². The highest BCUT2D eigenvalue weighted by Gasteiger charge is 2.41. The van der Waals surface area contributed by atoms with Crippen LogP contribution in [-0.2, 0) is 9.63 Å². The topological polar surface area (TPSA) is 71.0 Å². The number of carbonyl (C=O) groups excluding carboxylic acids is 2. The van der Waals surface area contributed by atoms with Gasteiger partial charge >= 0.3 is 6.03 Å². The summed E-state index contributed by atoms with van der Waals surface area (Å²) >= 11 is 0. The molecule has 2 heterocycles. The Morgan fingerprint density at radius 3 is 2.44 bits per heavy atom. The van der Waals surface area contributed by atoms with Gasteiger partial charge in [-0.25, -0.2) is 9.69 Å². The number of hydrogen-bond acceptors (Lipinski definition) is 4. The molecule has 1 fully saturated rings. The Bertz CT molecular complexity index is 820. The number of nitrogens with zero attached hydrogens (tertiary/aromatic N) is 2. The molecular formula is C19H17N3O3. The first-order chi connectivity index (χ1) is 12.2. The van der Waals surface area contributed by atoms with Gasteiger partial charge in [-0.05, 0) is 24.1 Å². The van der Waals surface area contributed by atoms with Crippen molar-refractivity contribution in [3.63, 3.8) is 0 Å². The molecule has 2 atom stereocenters. The van der Waals surface area contributed by atoms with E-state index in [2.05, 4.69) is 10.5 Å². The number of anilines is 1. The van der Waals surface area contributed by atoms with Crippen LogP contribution in [0.1, 0.15) is 12.0 Å². The molecular weight excluding hydrogens is 318 g/mol. The summed E-state index contributed by atoms with van der Waals surface area (Å²) in [4.78, 5) is 31.4. The largest absolute Gasteiger partial charge is 0.395 e. The van der Waals surface area contributed by atoms with Crippen molar-refractivity contribution in [1.29, 1.82) is 0 Å². The summed E-state index contributed by atoms with van der Waals surface area (Å²) < 4.78 is 0. The fraction of sp³-hybridized carbons (Fsp3) is 0.211. The van der Waals surface area contributed by atoms with Crippen molar-refractivity contribution in [2.24, 2.45) is 11.1 Å². The lowest BCUT2D eigenvalue weighted by molar-refractivity contribution is -0.118. The summed E-state index contributed by atoms with van der Waals surface area (Å²) in [5.41, 5.74) is 2.37. The molecule has 0 saturated carbocycles. The van der Waals surface area contributed by atoms with Crippen LogP contribution in [0.4, 0.5) is 10.5 Å². The first-order valence-corrected chi connectivity index (χ1v) is 8.19. The van der Waals surface area contributed by atoms with Gasteiger partial charge in [-0.2, -0.15) is 0 Å². The lowest BCUT2D eigenvalue weighted by atomic mass is 9.91. The number of carbonyl (C=O) groups is 2. The van der Waals surface area contributed by atoms with E-state index >= 15 is 0 Å². The molecule has 25 heavy (non-hydrogen) atoms. The zero-order valence-electron chi connectivity index (χ0n) is 13.5. The van der Waals surface area contributed by atoms with Gasteiger partial charge in [0, 0.05) is 5.92 Å². The molecule has 4 rings (SSSR count). The molecule has 0 aliphatic carbocycles.